The third-order valence-corrected chi connectivity index (χ3v) is 3.68. The summed E-state index contributed by atoms with van der Waals surface area (Å²) in [5.41, 5.74) is 1.37. The number of piperidine rings is 1. The SMILES string of the molecule is CC.CCC.Cc1cccc2c1C(=O)N(C1CCC(=O)NC1=O)C2=O. The second-order valence-electron chi connectivity index (χ2n) is 5.65. The number of aryl methyl sites for hydroxylation is 1. The normalized spacial score (nSPS) is 18.6. The lowest BCUT2D eigenvalue weighted by Gasteiger charge is -2.27. The van der Waals surface area contributed by atoms with Crippen molar-refractivity contribution >= 4 is 23.6 Å². The molecule has 136 valence electrons. The Morgan fingerprint density at radius 1 is 1.08 bits per heavy atom. The largest absolute Gasteiger partial charge is 0.295 e. The van der Waals surface area contributed by atoms with Gasteiger partial charge in [0, 0.05) is 6.42 Å². The Morgan fingerprint density at radius 3 is 2.20 bits per heavy atom. The number of imide groups is 2. The van der Waals surface area contributed by atoms with Gasteiger partial charge in [-0.3, -0.25) is 29.4 Å². The Kier molecular flexibility index (Phi) is 7.48. The molecular formula is C19H26N2O4. The van der Waals surface area contributed by atoms with Gasteiger partial charge in [-0.25, -0.2) is 0 Å². The number of nitrogens with one attached hydrogen (secondary N) is 1. The molecule has 1 atom stereocenters. The molecule has 2 aliphatic rings. The van der Waals surface area contributed by atoms with E-state index in [4.69, 9.17) is 0 Å². The summed E-state index contributed by atoms with van der Waals surface area (Å²) in [6, 6.07) is 4.12. The maximum atomic E-state index is 12.4. The first-order chi connectivity index (χ1) is 11.9. The lowest BCUT2D eigenvalue weighted by atomic mass is 10.0. The highest BCUT2D eigenvalue weighted by molar-refractivity contribution is 6.24. The fraction of sp³-hybridized carbons (Fsp3) is 0.474. The topological polar surface area (TPSA) is 83.6 Å². The van der Waals surface area contributed by atoms with Crippen LogP contribution in [0.15, 0.2) is 18.2 Å². The van der Waals surface area contributed by atoms with Crippen LogP contribution < -0.4 is 5.32 Å². The third-order valence-electron chi connectivity index (χ3n) is 3.68. The van der Waals surface area contributed by atoms with Crippen LogP contribution in [0.4, 0.5) is 0 Å². The van der Waals surface area contributed by atoms with Gasteiger partial charge in [-0.1, -0.05) is 46.2 Å². The van der Waals surface area contributed by atoms with E-state index in [1.165, 1.54) is 6.42 Å². The summed E-state index contributed by atoms with van der Waals surface area (Å²) in [7, 11) is 0. The standard InChI is InChI=1S/C14H12N2O4.C3H8.C2H6/c1-7-3-2-4-8-11(7)14(20)16(13(8)19)9-5-6-10(17)15-12(9)18;1-3-2;1-2/h2-4,9H,5-6H2,1H3,(H,15,17,18);3H2,1-2H3;1-2H3. The fourth-order valence-electron chi connectivity index (χ4n) is 2.68. The Bertz CT molecular complexity index is 682. The summed E-state index contributed by atoms with van der Waals surface area (Å²) < 4.78 is 0. The second-order valence-corrected chi connectivity index (χ2v) is 5.65. The average molecular weight is 346 g/mol. The van der Waals surface area contributed by atoms with Gasteiger partial charge in [-0.15, -0.1) is 0 Å². The number of amides is 4. The first kappa shape index (κ1) is 20.5. The molecule has 1 saturated heterocycles. The van der Waals surface area contributed by atoms with Crippen molar-refractivity contribution in [2.45, 2.75) is 59.9 Å². The van der Waals surface area contributed by atoms with Gasteiger partial charge in [0.05, 0.1) is 11.1 Å². The second kappa shape index (κ2) is 9.11. The summed E-state index contributed by atoms with van der Waals surface area (Å²) in [6.07, 6.45) is 1.55. The van der Waals surface area contributed by atoms with Crippen LogP contribution in [-0.2, 0) is 9.59 Å². The van der Waals surface area contributed by atoms with Gasteiger partial charge in [0.25, 0.3) is 11.8 Å². The number of hydrogen-bond acceptors (Lipinski definition) is 4. The van der Waals surface area contributed by atoms with Gasteiger partial charge in [0.15, 0.2) is 0 Å². The van der Waals surface area contributed by atoms with E-state index < -0.39 is 23.8 Å². The zero-order chi connectivity index (χ0) is 19.1. The number of rotatable bonds is 1. The minimum absolute atomic E-state index is 0.128. The molecule has 25 heavy (non-hydrogen) atoms. The van der Waals surface area contributed by atoms with Crippen LogP contribution in [0.5, 0.6) is 0 Å². The molecule has 6 nitrogen and oxygen atoms in total. The van der Waals surface area contributed by atoms with E-state index in [9.17, 15) is 19.2 Å². The van der Waals surface area contributed by atoms with Crippen LogP contribution in [-0.4, -0.2) is 34.6 Å². The number of carbonyl (C=O) groups is 4. The van der Waals surface area contributed by atoms with Crippen LogP contribution in [0.3, 0.4) is 0 Å². The summed E-state index contributed by atoms with van der Waals surface area (Å²) in [5, 5.41) is 2.16. The Hall–Kier alpha value is -2.50. The smallest absolute Gasteiger partial charge is 0.262 e. The lowest BCUT2D eigenvalue weighted by Crippen LogP contribution is -2.54. The van der Waals surface area contributed by atoms with Crippen molar-refractivity contribution < 1.29 is 19.2 Å². The molecule has 1 unspecified atom stereocenters. The summed E-state index contributed by atoms with van der Waals surface area (Å²) in [4.78, 5) is 48.7. The van der Waals surface area contributed by atoms with Crippen molar-refractivity contribution in [3.05, 3.63) is 34.9 Å². The Morgan fingerprint density at radius 2 is 1.68 bits per heavy atom. The molecule has 3 rings (SSSR count). The highest BCUT2D eigenvalue weighted by Gasteiger charge is 2.44. The molecule has 4 amide bonds. The van der Waals surface area contributed by atoms with E-state index >= 15 is 0 Å². The average Bonchev–Trinajstić information content (AvgIpc) is 2.83. The van der Waals surface area contributed by atoms with Crippen molar-refractivity contribution in [1.29, 1.82) is 0 Å². The molecular weight excluding hydrogens is 320 g/mol. The highest BCUT2D eigenvalue weighted by Crippen LogP contribution is 2.29. The molecule has 0 radical (unpaired) electrons. The molecule has 2 aliphatic heterocycles. The number of hydrogen-bond donors (Lipinski definition) is 1. The molecule has 0 aromatic heterocycles. The van der Waals surface area contributed by atoms with E-state index in [2.05, 4.69) is 19.2 Å². The minimum atomic E-state index is -0.903. The number of fused-ring (bicyclic) bond motifs is 1. The molecule has 0 saturated carbocycles. The number of benzene rings is 1. The quantitative estimate of drug-likeness (QED) is 0.793. The van der Waals surface area contributed by atoms with Crippen LogP contribution in [0.25, 0.3) is 0 Å². The Labute approximate surface area is 148 Å². The van der Waals surface area contributed by atoms with E-state index in [-0.39, 0.29) is 18.7 Å². The number of nitrogens with zero attached hydrogens (tertiary/aromatic N) is 1. The van der Waals surface area contributed by atoms with Crippen LogP contribution in [0.2, 0.25) is 0 Å². The van der Waals surface area contributed by atoms with Gasteiger partial charge in [-0.05, 0) is 25.0 Å². The van der Waals surface area contributed by atoms with Crippen molar-refractivity contribution in [1.82, 2.24) is 10.2 Å². The zero-order valence-corrected chi connectivity index (χ0v) is 15.5. The summed E-state index contributed by atoms with van der Waals surface area (Å²) in [6.45, 7) is 10.00. The highest BCUT2D eigenvalue weighted by atomic mass is 16.2. The lowest BCUT2D eigenvalue weighted by molar-refractivity contribution is -0.136. The molecule has 1 N–H and O–H groups in total. The maximum absolute atomic E-state index is 12.4. The van der Waals surface area contributed by atoms with Crippen molar-refractivity contribution in [2.75, 3.05) is 0 Å². The first-order valence-electron chi connectivity index (χ1n) is 8.73. The molecule has 2 heterocycles. The Balaban J connectivity index is 0.000000567. The summed E-state index contributed by atoms with van der Waals surface area (Å²) >= 11 is 0. The molecule has 0 spiro atoms. The van der Waals surface area contributed by atoms with Gasteiger partial charge in [0.1, 0.15) is 6.04 Å². The molecule has 0 bridgehead atoms. The van der Waals surface area contributed by atoms with E-state index in [0.29, 0.717) is 16.7 Å². The van der Waals surface area contributed by atoms with E-state index in [1.807, 2.05) is 13.8 Å². The zero-order valence-electron chi connectivity index (χ0n) is 15.5. The van der Waals surface area contributed by atoms with Crippen LogP contribution in [0, 0.1) is 6.92 Å². The molecule has 1 fully saturated rings. The molecule has 1 aromatic carbocycles. The van der Waals surface area contributed by atoms with Crippen molar-refractivity contribution in [3.63, 3.8) is 0 Å². The summed E-state index contributed by atoms with van der Waals surface area (Å²) in [5.74, 6) is -1.90. The minimum Gasteiger partial charge on any atom is -0.295 e. The first-order valence-corrected chi connectivity index (χ1v) is 8.73. The molecule has 0 aliphatic carbocycles. The fourth-order valence-corrected chi connectivity index (χ4v) is 2.68. The van der Waals surface area contributed by atoms with E-state index in [0.717, 1.165) is 4.90 Å². The predicted octanol–water partition coefficient (Wildman–Crippen LogP) is 2.84. The van der Waals surface area contributed by atoms with Crippen LogP contribution >= 0.6 is 0 Å². The maximum Gasteiger partial charge on any atom is 0.262 e. The molecule has 1 aromatic rings. The van der Waals surface area contributed by atoms with E-state index in [1.54, 1.807) is 25.1 Å². The van der Waals surface area contributed by atoms with Gasteiger partial charge >= 0.3 is 0 Å². The van der Waals surface area contributed by atoms with Gasteiger partial charge < -0.3 is 0 Å². The van der Waals surface area contributed by atoms with Gasteiger partial charge in [0.2, 0.25) is 11.8 Å². The van der Waals surface area contributed by atoms with Crippen LogP contribution in [0.1, 0.15) is 73.2 Å². The monoisotopic (exact) mass is 346 g/mol. The predicted molar refractivity (Wildman–Crippen MR) is 95.2 cm³/mol. The third kappa shape index (κ3) is 4.13. The van der Waals surface area contributed by atoms with Crippen molar-refractivity contribution in [3.8, 4) is 0 Å². The van der Waals surface area contributed by atoms with Crippen molar-refractivity contribution in [2.24, 2.45) is 0 Å². The molecule has 6 heteroatoms. The number of carbonyl (C=O) groups excluding carboxylic acids is 4. The van der Waals surface area contributed by atoms with Gasteiger partial charge in [-0.2, -0.15) is 0 Å².